The Kier molecular flexibility index (Phi) is 19.9. The van der Waals surface area contributed by atoms with Crippen molar-refractivity contribution >= 4 is 12.6 Å². The van der Waals surface area contributed by atoms with Gasteiger partial charge < -0.3 is 9.59 Å². The molecular weight excluding hydrogens is 585 g/mol. The average molecular weight is 661 g/mol. The van der Waals surface area contributed by atoms with Gasteiger partial charge in [0.2, 0.25) is 0 Å². The fourth-order valence-corrected chi connectivity index (χ4v) is 6.52. The SMILES string of the molecule is C=CCC1=CCC(C)(C)CC1.C=CCC1=CCC(C)(C)CC1.CC(C=O)CC1=CCC(C)(C)CC1.CC1(C)CC=C(CCCC=O)CC1. The summed E-state index contributed by atoms with van der Waals surface area (Å²) >= 11 is 0. The zero-order valence-corrected chi connectivity index (χ0v) is 33.2. The lowest BCUT2D eigenvalue weighted by Crippen LogP contribution is -2.15. The van der Waals surface area contributed by atoms with Crippen LogP contribution < -0.4 is 0 Å². The minimum absolute atomic E-state index is 0.201. The number of carbonyl (C=O) groups excluding carboxylic acids is 2. The van der Waals surface area contributed by atoms with Crippen molar-refractivity contribution in [3.63, 3.8) is 0 Å². The van der Waals surface area contributed by atoms with Crippen molar-refractivity contribution in [2.45, 2.75) is 178 Å². The minimum atomic E-state index is 0.201. The molecular formula is C46H76O2. The molecule has 0 aromatic carbocycles. The summed E-state index contributed by atoms with van der Waals surface area (Å²) in [6.45, 7) is 28.1. The van der Waals surface area contributed by atoms with Crippen LogP contribution in [0.2, 0.25) is 0 Å². The quantitative estimate of drug-likeness (QED) is 0.126. The van der Waals surface area contributed by atoms with E-state index in [-0.39, 0.29) is 5.92 Å². The van der Waals surface area contributed by atoms with E-state index in [1.54, 1.807) is 16.7 Å². The molecule has 2 heteroatoms. The molecule has 0 saturated heterocycles. The molecule has 0 amide bonds. The Labute approximate surface area is 298 Å². The van der Waals surface area contributed by atoms with E-state index < -0.39 is 0 Å². The highest BCUT2D eigenvalue weighted by molar-refractivity contribution is 5.53. The largest absolute Gasteiger partial charge is 0.303 e. The third-order valence-corrected chi connectivity index (χ3v) is 10.7. The molecule has 0 N–H and O–H groups in total. The van der Waals surface area contributed by atoms with Crippen molar-refractivity contribution in [3.05, 3.63) is 71.9 Å². The lowest BCUT2D eigenvalue weighted by molar-refractivity contribution is -0.110. The summed E-state index contributed by atoms with van der Waals surface area (Å²) in [7, 11) is 0. The van der Waals surface area contributed by atoms with Gasteiger partial charge in [0.15, 0.2) is 0 Å². The lowest BCUT2D eigenvalue weighted by Gasteiger charge is -2.29. The Bertz CT molecular complexity index is 1070. The van der Waals surface area contributed by atoms with Gasteiger partial charge in [-0.1, -0.05) is 121 Å². The molecule has 1 unspecified atom stereocenters. The summed E-state index contributed by atoms with van der Waals surface area (Å²) in [5.74, 6) is 0.201. The molecule has 4 rings (SSSR count). The number of carbonyl (C=O) groups is 2. The van der Waals surface area contributed by atoms with E-state index >= 15 is 0 Å². The predicted octanol–water partition coefficient (Wildman–Crippen LogP) is 14.2. The van der Waals surface area contributed by atoms with Crippen molar-refractivity contribution in [3.8, 4) is 0 Å². The van der Waals surface area contributed by atoms with Crippen molar-refractivity contribution < 1.29 is 9.59 Å². The van der Waals surface area contributed by atoms with Crippen LogP contribution in [0.1, 0.15) is 178 Å². The van der Waals surface area contributed by atoms with Gasteiger partial charge in [0.1, 0.15) is 12.6 Å². The molecule has 1 atom stereocenters. The number of unbranched alkanes of at least 4 members (excludes halogenated alkanes) is 1. The highest BCUT2D eigenvalue weighted by Crippen LogP contribution is 2.38. The minimum Gasteiger partial charge on any atom is -0.303 e. The van der Waals surface area contributed by atoms with Crippen molar-refractivity contribution in [2.75, 3.05) is 0 Å². The molecule has 0 saturated carbocycles. The van der Waals surface area contributed by atoms with Crippen LogP contribution >= 0.6 is 0 Å². The van der Waals surface area contributed by atoms with Gasteiger partial charge in [-0.2, -0.15) is 0 Å². The second kappa shape index (κ2) is 21.8. The molecule has 48 heavy (non-hydrogen) atoms. The summed E-state index contributed by atoms with van der Waals surface area (Å²) in [6.07, 6.45) is 36.8. The molecule has 4 aliphatic rings. The Hall–Kier alpha value is -2.22. The molecule has 4 aliphatic carbocycles. The molecule has 272 valence electrons. The maximum atomic E-state index is 10.5. The second-order valence-electron chi connectivity index (χ2n) is 18.3. The molecule has 0 heterocycles. The normalized spacial score (nSPS) is 22.4. The van der Waals surface area contributed by atoms with Crippen LogP contribution in [0.5, 0.6) is 0 Å². The Morgan fingerprint density at radius 3 is 1.25 bits per heavy atom. The Balaban J connectivity index is 0.000000321. The summed E-state index contributed by atoms with van der Waals surface area (Å²) < 4.78 is 0. The molecule has 0 bridgehead atoms. The van der Waals surface area contributed by atoms with E-state index in [1.807, 2.05) is 19.1 Å². The first-order chi connectivity index (χ1) is 22.4. The predicted molar refractivity (Wildman–Crippen MR) is 212 cm³/mol. The van der Waals surface area contributed by atoms with Gasteiger partial charge in [0.25, 0.3) is 0 Å². The van der Waals surface area contributed by atoms with Crippen LogP contribution in [0.3, 0.4) is 0 Å². The maximum Gasteiger partial charge on any atom is 0.123 e. The monoisotopic (exact) mass is 661 g/mol. The lowest BCUT2D eigenvalue weighted by atomic mass is 9.77. The topological polar surface area (TPSA) is 34.1 Å². The molecule has 0 fully saturated rings. The van der Waals surface area contributed by atoms with Crippen LogP contribution in [0.4, 0.5) is 0 Å². The van der Waals surface area contributed by atoms with Gasteiger partial charge in [0, 0.05) is 12.3 Å². The van der Waals surface area contributed by atoms with E-state index in [0.29, 0.717) is 21.7 Å². The summed E-state index contributed by atoms with van der Waals surface area (Å²) in [5.41, 5.74) is 8.30. The second-order valence-corrected chi connectivity index (χ2v) is 18.3. The van der Waals surface area contributed by atoms with Crippen LogP contribution in [-0.4, -0.2) is 12.6 Å². The van der Waals surface area contributed by atoms with Crippen molar-refractivity contribution in [1.29, 1.82) is 0 Å². The standard InChI is InChI=1S/2C12H20O.2C11H18/c1-10(9-13)8-11-4-6-12(2,3)7-5-11;1-12(2)8-6-11(7-9-12)5-3-4-10-13;2*1-4-5-10-6-8-11(2,3)9-7-10/h4,9-10H,5-8H2,1-3H3;6,10H,3-5,7-9H2,1-2H3;2*4,6H,1,5,7-9H2,2-3H3. The fourth-order valence-electron chi connectivity index (χ4n) is 6.52. The van der Waals surface area contributed by atoms with Gasteiger partial charge in [-0.3, -0.25) is 0 Å². The smallest absolute Gasteiger partial charge is 0.123 e. The van der Waals surface area contributed by atoms with E-state index in [1.165, 1.54) is 82.6 Å². The zero-order chi connectivity index (χ0) is 36.3. The van der Waals surface area contributed by atoms with Crippen LogP contribution in [0, 0.1) is 27.6 Å². The molecule has 0 radical (unpaired) electrons. The molecule has 0 aliphatic heterocycles. The first-order valence-electron chi connectivity index (χ1n) is 19.3. The summed E-state index contributed by atoms with van der Waals surface area (Å²) in [4.78, 5) is 20.6. The zero-order valence-electron chi connectivity index (χ0n) is 33.2. The number of hydrogen-bond acceptors (Lipinski definition) is 2. The van der Waals surface area contributed by atoms with E-state index in [4.69, 9.17) is 0 Å². The molecule has 2 nitrogen and oxygen atoms in total. The van der Waals surface area contributed by atoms with Gasteiger partial charge in [-0.15, -0.1) is 13.2 Å². The third-order valence-electron chi connectivity index (χ3n) is 10.7. The third kappa shape index (κ3) is 20.3. The first-order valence-corrected chi connectivity index (χ1v) is 19.3. The van der Waals surface area contributed by atoms with Crippen molar-refractivity contribution in [1.82, 2.24) is 0 Å². The van der Waals surface area contributed by atoms with Crippen molar-refractivity contribution in [2.24, 2.45) is 27.6 Å². The Morgan fingerprint density at radius 2 is 0.958 bits per heavy atom. The highest BCUT2D eigenvalue weighted by atomic mass is 16.1. The molecule has 0 spiro atoms. The molecule has 0 aromatic heterocycles. The average Bonchev–Trinajstić information content (AvgIpc) is 3.02. The highest BCUT2D eigenvalue weighted by Gasteiger charge is 2.23. The van der Waals surface area contributed by atoms with Crippen LogP contribution in [0.25, 0.3) is 0 Å². The van der Waals surface area contributed by atoms with Crippen LogP contribution in [-0.2, 0) is 9.59 Å². The summed E-state index contributed by atoms with van der Waals surface area (Å²) in [6, 6.07) is 0. The number of hydrogen-bond donors (Lipinski definition) is 0. The molecule has 0 aromatic rings. The van der Waals surface area contributed by atoms with Gasteiger partial charge in [-0.05, 0) is 131 Å². The maximum absolute atomic E-state index is 10.5. The number of rotatable bonds is 11. The van der Waals surface area contributed by atoms with Gasteiger partial charge >= 0.3 is 0 Å². The van der Waals surface area contributed by atoms with Gasteiger partial charge in [-0.25, -0.2) is 0 Å². The van der Waals surface area contributed by atoms with Crippen LogP contribution in [0.15, 0.2) is 71.9 Å². The Morgan fingerprint density at radius 1 is 0.604 bits per heavy atom. The van der Waals surface area contributed by atoms with E-state index in [9.17, 15) is 9.59 Å². The summed E-state index contributed by atoms with van der Waals surface area (Å²) in [5, 5.41) is 0. The fraction of sp³-hybridized carbons (Fsp3) is 0.696. The van der Waals surface area contributed by atoms with E-state index in [0.717, 1.165) is 51.1 Å². The van der Waals surface area contributed by atoms with E-state index in [2.05, 4.69) is 92.9 Å². The first kappa shape index (κ1) is 43.8. The van der Waals surface area contributed by atoms with Gasteiger partial charge in [0.05, 0.1) is 0 Å². The number of allylic oxidation sites excluding steroid dienone is 10. The number of aldehydes is 2.